The Kier molecular flexibility index (Phi) is 6.95. The van der Waals surface area contributed by atoms with E-state index in [1.54, 1.807) is 0 Å². The van der Waals surface area contributed by atoms with Crippen molar-refractivity contribution < 1.29 is 9.94 Å². The summed E-state index contributed by atoms with van der Waals surface area (Å²) in [6, 6.07) is 0.0361. The molecule has 0 aromatic rings. The molecule has 0 aliphatic carbocycles. The van der Waals surface area contributed by atoms with Gasteiger partial charge in [-0.25, -0.2) is 0 Å². The van der Waals surface area contributed by atoms with Gasteiger partial charge >= 0.3 is 0 Å². The third kappa shape index (κ3) is 4.59. The van der Waals surface area contributed by atoms with Crippen molar-refractivity contribution in [3.8, 4) is 11.8 Å². The van der Waals surface area contributed by atoms with Crippen LogP contribution in [0, 0.1) is 23.7 Å². The fourth-order valence-corrected chi connectivity index (χ4v) is 3.32. The number of hydrogen-bond acceptors (Lipinski definition) is 4. The van der Waals surface area contributed by atoms with Gasteiger partial charge in [0.15, 0.2) is 0 Å². The van der Waals surface area contributed by atoms with Gasteiger partial charge in [0, 0.05) is 12.6 Å². The molecule has 3 aliphatic rings. The van der Waals surface area contributed by atoms with E-state index in [9.17, 15) is 5.11 Å². The SMILES string of the molecule is C=CCC(CC#CC1C(O)C2CCN1CC2)CC=NOCC. The van der Waals surface area contributed by atoms with Crippen molar-refractivity contribution in [2.45, 2.75) is 51.2 Å². The molecule has 2 bridgehead atoms. The molecule has 3 atom stereocenters. The number of allylic oxidation sites excluding steroid dienone is 1. The zero-order chi connectivity index (χ0) is 15.8. The monoisotopic (exact) mass is 304 g/mol. The summed E-state index contributed by atoms with van der Waals surface area (Å²) in [6.07, 6.45) is 8.30. The number of oxime groups is 1. The molecular formula is C18H28N2O2. The Balaban J connectivity index is 1.85. The van der Waals surface area contributed by atoms with Crippen LogP contribution in [0.4, 0.5) is 0 Å². The van der Waals surface area contributed by atoms with Gasteiger partial charge in [-0.1, -0.05) is 17.2 Å². The van der Waals surface area contributed by atoms with Gasteiger partial charge in [-0.3, -0.25) is 4.90 Å². The Morgan fingerprint density at radius 1 is 1.41 bits per heavy atom. The topological polar surface area (TPSA) is 45.1 Å². The largest absolute Gasteiger partial charge is 0.396 e. The molecule has 4 heteroatoms. The van der Waals surface area contributed by atoms with Gasteiger partial charge < -0.3 is 9.94 Å². The first kappa shape index (κ1) is 17.1. The second-order valence-corrected chi connectivity index (χ2v) is 6.17. The minimum Gasteiger partial charge on any atom is -0.396 e. The first-order valence-electron chi connectivity index (χ1n) is 8.41. The number of aliphatic hydroxyl groups is 1. The molecule has 3 heterocycles. The van der Waals surface area contributed by atoms with E-state index in [-0.39, 0.29) is 12.1 Å². The standard InChI is InChI=1S/C18H28N2O2/c1-3-6-15(9-12-19-22-4-2)7-5-8-17-18(21)16-10-13-20(17)14-11-16/h3,12,15-18,21H,1,4,6-7,9-11,13-14H2,2H3. The highest BCUT2D eigenvalue weighted by atomic mass is 16.6. The summed E-state index contributed by atoms with van der Waals surface area (Å²) in [5.74, 6) is 7.47. The van der Waals surface area contributed by atoms with Crippen LogP contribution in [0.15, 0.2) is 17.8 Å². The zero-order valence-electron chi connectivity index (χ0n) is 13.6. The number of aliphatic hydroxyl groups excluding tert-OH is 1. The van der Waals surface area contributed by atoms with Gasteiger partial charge in [-0.05, 0) is 57.5 Å². The molecule has 0 aromatic heterocycles. The number of fused-ring (bicyclic) bond motifs is 3. The van der Waals surface area contributed by atoms with Crippen LogP contribution in [-0.2, 0) is 4.84 Å². The summed E-state index contributed by atoms with van der Waals surface area (Å²) < 4.78 is 0. The Morgan fingerprint density at radius 3 is 2.82 bits per heavy atom. The molecule has 3 aliphatic heterocycles. The first-order chi connectivity index (χ1) is 10.8. The molecule has 3 unspecified atom stereocenters. The van der Waals surface area contributed by atoms with E-state index >= 15 is 0 Å². The summed E-state index contributed by atoms with van der Waals surface area (Å²) in [5.41, 5.74) is 0. The van der Waals surface area contributed by atoms with Gasteiger partial charge in [0.25, 0.3) is 0 Å². The van der Waals surface area contributed by atoms with Crippen LogP contribution in [0.25, 0.3) is 0 Å². The number of hydrogen-bond donors (Lipinski definition) is 1. The fraction of sp³-hybridized carbons (Fsp3) is 0.722. The Bertz CT molecular complexity index is 428. The molecule has 4 nitrogen and oxygen atoms in total. The molecule has 0 aromatic carbocycles. The lowest BCUT2D eigenvalue weighted by atomic mass is 9.81. The molecule has 0 radical (unpaired) electrons. The third-order valence-electron chi connectivity index (χ3n) is 4.63. The number of rotatable bonds is 7. The minimum atomic E-state index is -0.271. The van der Waals surface area contributed by atoms with Crippen molar-refractivity contribution in [1.82, 2.24) is 4.90 Å². The van der Waals surface area contributed by atoms with Crippen LogP contribution >= 0.6 is 0 Å². The highest BCUT2D eigenvalue weighted by Gasteiger charge is 2.40. The zero-order valence-corrected chi connectivity index (χ0v) is 13.6. The molecule has 1 N–H and O–H groups in total. The van der Waals surface area contributed by atoms with Crippen LogP contribution < -0.4 is 0 Å². The molecule has 0 amide bonds. The van der Waals surface area contributed by atoms with Crippen molar-refractivity contribution >= 4 is 6.21 Å². The summed E-state index contributed by atoms with van der Waals surface area (Å²) in [6.45, 7) is 8.49. The van der Waals surface area contributed by atoms with E-state index in [4.69, 9.17) is 4.84 Å². The molecule has 3 saturated heterocycles. The molecule has 22 heavy (non-hydrogen) atoms. The van der Waals surface area contributed by atoms with Crippen molar-refractivity contribution in [1.29, 1.82) is 0 Å². The lowest BCUT2D eigenvalue weighted by Crippen LogP contribution is -2.57. The van der Waals surface area contributed by atoms with Gasteiger partial charge in [0.1, 0.15) is 6.61 Å². The van der Waals surface area contributed by atoms with Crippen molar-refractivity contribution in [2.75, 3.05) is 19.7 Å². The predicted molar refractivity (Wildman–Crippen MR) is 89.5 cm³/mol. The maximum Gasteiger partial charge on any atom is 0.114 e. The normalized spacial score (nSPS) is 31.5. The molecule has 3 fully saturated rings. The maximum absolute atomic E-state index is 10.3. The van der Waals surface area contributed by atoms with Crippen LogP contribution in [0.1, 0.15) is 39.0 Å². The third-order valence-corrected chi connectivity index (χ3v) is 4.63. The average Bonchev–Trinajstić information content (AvgIpc) is 2.54. The minimum absolute atomic E-state index is 0.0361. The highest BCUT2D eigenvalue weighted by Crippen LogP contribution is 2.31. The summed E-state index contributed by atoms with van der Waals surface area (Å²) in [7, 11) is 0. The highest BCUT2D eigenvalue weighted by molar-refractivity contribution is 5.56. The smallest absolute Gasteiger partial charge is 0.114 e. The first-order valence-corrected chi connectivity index (χ1v) is 8.41. The lowest BCUT2D eigenvalue weighted by Gasteiger charge is -2.46. The maximum atomic E-state index is 10.3. The molecule has 0 spiro atoms. The molecule has 3 rings (SSSR count). The summed E-state index contributed by atoms with van der Waals surface area (Å²) in [4.78, 5) is 7.31. The average molecular weight is 304 g/mol. The Hall–Kier alpha value is -1.31. The van der Waals surface area contributed by atoms with Gasteiger partial charge in [0.2, 0.25) is 0 Å². The second kappa shape index (κ2) is 8.97. The van der Waals surface area contributed by atoms with E-state index in [1.807, 2.05) is 19.2 Å². The van der Waals surface area contributed by atoms with E-state index in [2.05, 4.69) is 28.5 Å². The van der Waals surface area contributed by atoms with Gasteiger partial charge in [-0.15, -0.1) is 12.5 Å². The fourth-order valence-electron chi connectivity index (χ4n) is 3.32. The lowest BCUT2D eigenvalue weighted by molar-refractivity contribution is -0.0500. The van der Waals surface area contributed by atoms with Crippen LogP contribution in [0.5, 0.6) is 0 Å². The summed E-state index contributed by atoms with van der Waals surface area (Å²) in [5, 5.41) is 14.2. The van der Waals surface area contributed by atoms with Crippen molar-refractivity contribution in [3.05, 3.63) is 12.7 Å². The van der Waals surface area contributed by atoms with Crippen molar-refractivity contribution in [3.63, 3.8) is 0 Å². The van der Waals surface area contributed by atoms with Crippen LogP contribution in [0.2, 0.25) is 0 Å². The molecule has 0 saturated carbocycles. The summed E-state index contributed by atoms with van der Waals surface area (Å²) >= 11 is 0. The van der Waals surface area contributed by atoms with Crippen molar-refractivity contribution in [2.24, 2.45) is 17.0 Å². The van der Waals surface area contributed by atoms with E-state index in [0.717, 1.165) is 45.2 Å². The second-order valence-electron chi connectivity index (χ2n) is 6.17. The quantitative estimate of drug-likeness (QED) is 0.340. The molecule has 122 valence electrons. The predicted octanol–water partition coefficient (Wildman–Crippen LogP) is 2.44. The van der Waals surface area contributed by atoms with Gasteiger partial charge in [0.05, 0.1) is 12.1 Å². The van der Waals surface area contributed by atoms with Crippen LogP contribution in [-0.4, -0.2) is 48.1 Å². The van der Waals surface area contributed by atoms with E-state index in [1.165, 1.54) is 0 Å². The Labute approximate surface area is 134 Å². The Morgan fingerprint density at radius 2 is 2.18 bits per heavy atom. The van der Waals surface area contributed by atoms with Crippen LogP contribution in [0.3, 0.4) is 0 Å². The van der Waals surface area contributed by atoms with E-state index < -0.39 is 0 Å². The number of nitrogens with zero attached hydrogens (tertiary/aromatic N) is 2. The number of piperidine rings is 3. The van der Waals surface area contributed by atoms with Gasteiger partial charge in [-0.2, -0.15) is 0 Å². The van der Waals surface area contributed by atoms with E-state index in [0.29, 0.717) is 18.4 Å². The molecular weight excluding hydrogens is 276 g/mol.